The van der Waals surface area contributed by atoms with Crippen LogP contribution in [0.2, 0.25) is 0 Å². The summed E-state index contributed by atoms with van der Waals surface area (Å²) < 4.78 is 8.13. The summed E-state index contributed by atoms with van der Waals surface area (Å²) in [4.78, 5) is 25.8. The van der Waals surface area contributed by atoms with Crippen LogP contribution >= 0.6 is 0 Å². The number of ether oxygens (including phenoxy) is 1. The predicted molar refractivity (Wildman–Crippen MR) is 116 cm³/mol. The van der Waals surface area contributed by atoms with Gasteiger partial charge in [-0.2, -0.15) is 0 Å². The number of fused-ring (bicyclic) bond motifs is 1. The van der Waals surface area contributed by atoms with Crippen LogP contribution in [0.1, 0.15) is 51.4 Å². The van der Waals surface area contributed by atoms with E-state index < -0.39 is 0 Å². The van der Waals surface area contributed by atoms with Crippen molar-refractivity contribution in [3.05, 3.63) is 30.5 Å². The molecule has 4 rings (SSSR count). The predicted octanol–water partition coefficient (Wildman–Crippen LogP) is 3.40. The Balaban J connectivity index is 1.32. The molecule has 2 heterocycles. The molecule has 0 radical (unpaired) electrons. The van der Waals surface area contributed by atoms with Crippen molar-refractivity contribution in [3.63, 3.8) is 0 Å². The lowest BCUT2D eigenvalue weighted by Crippen LogP contribution is -2.49. The van der Waals surface area contributed by atoms with Crippen molar-refractivity contribution in [2.45, 2.75) is 70.1 Å². The van der Waals surface area contributed by atoms with Crippen molar-refractivity contribution in [1.29, 1.82) is 0 Å². The number of hydrogen-bond donors (Lipinski definition) is 2. The number of carbonyl (C=O) groups excluding carboxylic acids is 2. The first kappa shape index (κ1) is 20.6. The zero-order valence-electron chi connectivity index (χ0n) is 17.5. The van der Waals surface area contributed by atoms with E-state index in [4.69, 9.17) is 10.5 Å². The van der Waals surface area contributed by atoms with Gasteiger partial charge in [-0.15, -0.1) is 0 Å². The number of nitrogens with two attached hydrogens (primary N) is 1. The molecule has 1 saturated heterocycles. The summed E-state index contributed by atoms with van der Waals surface area (Å²) >= 11 is 0. The van der Waals surface area contributed by atoms with E-state index in [0.717, 1.165) is 42.3 Å². The summed E-state index contributed by atoms with van der Waals surface area (Å²) in [6.07, 6.45) is 10.8. The normalized spacial score (nSPS) is 18.9. The van der Waals surface area contributed by atoms with E-state index in [0.29, 0.717) is 19.1 Å². The van der Waals surface area contributed by atoms with Gasteiger partial charge < -0.3 is 25.3 Å². The van der Waals surface area contributed by atoms with Crippen LogP contribution in [-0.4, -0.2) is 46.6 Å². The molecule has 1 aliphatic carbocycles. The lowest BCUT2D eigenvalue weighted by molar-refractivity contribution is -0.118. The lowest BCUT2D eigenvalue weighted by Gasteiger charge is -2.33. The molecule has 1 aromatic heterocycles. The van der Waals surface area contributed by atoms with Crippen LogP contribution in [0.3, 0.4) is 0 Å². The highest BCUT2D eigenvalue weighted by Crippen LogP contribution is 2.29. The van der Waals surface area contributed by atoms with Gasteiger partial charge in [0.1, 0.15) is 18.4 Å². The van der Waals surface area contributed by atoms with E-state index in [9.17, 15) is 9.59 Å². The van der Waals surface area contributed by atoms with Crippen molar-refractivity contribution in [1.82, 2.24) is 14.8 Å². The maximum Gasteiger partial charge on any atom is 0.317 e. The zero-order chi connectivity index (χ0) is 20.9. The Morgan fingerprint density at radius 3 is 2.47 bits per heavy atom. The second kappa shape index (κ2) is 9.41. The number of piperidine rings is 1. The summed E-state index contributed by atoms with van der Waals surface area (Å²) in [6.45, 7) is 1.57. The maximum atomic E-state index is 12.6. The van der Waals surface area contributed by atoms with Gasteiger partial charge in [0.15, 0.2) is 0 Å². The van der Waals surface area contributed by atoms with E-state index in [1.807, 2.05) is 39.9 Å². The average Bonchev–Trinajstić information content (AvgIpc) is 2.96. The molecular formula is C23H32N4O3. The molecule has 0 unspecified atom stereocenters. The number of aromatic nitrogens is 1. The van der Waals surface area contributed by atoms with Crippen molar-refractivity contribution in [3.8, 4) is 5.75 Å². The monoisotopic (exact) mass is 412 g/mol. The zero-order valence-corrected chi connectivity index (χ0v) is 17.5. The number of primary amides is 1. The van der Waals surface area contributed by atoms with Crippen LogP contribution in [0, 0.1) is 0 Å². The number of benzene rings is 1. The molecule has 162 valence electrons. The average molecular weight is 413 g/mol. The quantitative estimate of drug-likeness (QED) is 0.738. The van der Waals surface area contributed by atoms with Crippen molar-refractivity contribution in [2.75, 3.05) is 13.1 Å². The summed E-state index contributed by atoms with van der Waals surface area (Å²) in [7, 11) is 0. The number of carbonyl (C=O) groups is 2. The molecule has 1 saturated carbocycles. The van der Waals surface area contributed by atoms with Gasteiger partial charge in [0, 0.05) is 43.6 Å². The van der Waals surface area contributed by atoms with Gasteiger partial charge in [0.05, 0.1) is 5.52 Å². The number of nitrogens with one attached hydrogen (secondary N) is 1. The molecule has 1 aromatic carbocycles. The third-order valence-electron chi connectivity index (χ3n) is 6.31. The first-order valence-corrected chi connectivity index (χ1v) is 11.2. The first-order valence-electron chi connectivity index (χ1n) is 11.2. The molecule has 0 spiro atoms. The molecule has 3 amide bonds. The Labute approximate surface area is 177 Å². The Kier molecular flexibility index (Phi) is 6.45. The van der Waals surface area contributed by atoms with E-state index >= 15 is 0 Å². The van der Waals surface area contributed by atoms with Crippen molar-refractivity contribution < 1.29 is 14.3 Å². The van der Waals surface area contributed by atoms with Crippen LogP contribution in [-0.2, 0) is 11.3 Å². The topological polar surface area (TPSA) is 89.6 Å². The van der Waals surface area contributed by atoms with E-state index in [1.165, 1.54) is 25.7 Å². The molecule has 30 heavy (non-hydrogen) atoms. The molecule has 0 bridgehead atoms. The van der Waals surface area contributed by atoms with E-state index in [2.05, 4.69) is 5.32 Å². The van der Waals surface area contributed by atoms with Crippen LogP contribution in [0.5, 0.6) is 5.75 Å². The van der Waals surface area contributed by atoms with Crippen LogP contribution < -0.4 is 15.8 Å². The van der Waals surface area contributed by atoms with Gasteiger partial charge in [0.2, 0.25) is 5.91 Å². The fourth-order valence-electron chi connectivity index (χ4n) is 4.65. The van der Waals surface area contributed by atoms with Gasteiger partial charge in [-0.05, 0) is 31.0 Å². The van der Waals surface area contributed by atoms with Crippen LogP contribution in [0.25, 0.3) is 10.9 Å². The SMILES string of the molecule is NC(=O)Cn1ccc2c(OC3CCN(C(=O)NC4CCCCCC4)CC3)cccc21. The summed E-state index contributed by atoms with van der Waals surface area (Å²) in [5.41, 5.74) is 6.27. The molecule has 2 aliphatic rings. The van der Waals surface area contributed by atoms with Crippen LogP contribution in [0.4, 0.5) is 4.79 Å². The minimum absolute atomic E-state index is 0.0750. The second-order valence-corrected chi connectivity index (χ2v) is 8.54. The molecule has 0 atom stereocenters. The highest BCUT2D eigenvalue weighted by atomic mass is 16.5. The lowest BCUT2D eigenvalue weighted by atomic mass is 10.1. The Hall–Kier alpha value is -2.70. The molecule has 7 heteroatoms. The first-order chi connectivity index (χ1) is 14.6. The van der Waals surface area contributed by atoms with Crippen molar-refractivity contribution >= 4 is 22.8 Å². The van der Waals surface area contributed by atoms with Gasteiger partial charge in [0.25, 0.3) is 0 Å². The van der Waals surface area contributed by atoms with Gasteiger partial charge in [-0.25, -0.2) is 4.79 Å². The fourth-order valence-corrected chi connectivity index (χ4v) is 4.65. The van der Waals surface area contributed by atoms with Crippen molar-refractivity contribution in [2.24, 2.45) is 5.73 Å². The summed E-state index contributed by atoms with van der Waals surface area (Å²) in [5, 5.41) is 4.22. The largest absolute Gasteiger partial charge is 0.490 e. The minimum Gasteiger partial charge on any atom is -0.490 e. The van der Waals surface area contributed by atoms with Gasteiger partial charge in [-0.3, -0.25) is 4.79 Å². The standard InChI is InChI=1S/C23H32N4O3/c24-22(28)16-27-15-12-19-20(27)8-5-9-21(19)30-18-10-13-26(14-11-18)23(29)25-17-6-3-1-2-4-7-17/h5,8-9,12,15,17-18H,1-4,6-7,10-11,13-14,16H2,(H2,24,28)(H,25,29). The number of rotatable bonds is 5. The summed E-state index contributed by atoms with van der Waals surface area (Å²) in [6, 6.07) is 8.23. The number of urea groups is 1. The summed E-state index contributed by atoms with van der Waals surface area (Å²) in [5.74, 6) is 0.449. The fraction of sp³-hybridized carbons (Fsp3) is 0.565. The Morgan fingerprint density at radius 2 is 1.77 bits per heavy atom. The van der Waals surface area contributed by atoms with Crippen LogP contribution in [0.15, 0.2) is 30.5 Å². The Morgan fingerprint density at radius 1 is 1.03 bits per heavy atom. The minimum atomic E-state index is -0.367. The molecular weight excluding hydrogens is 380 g/mol. The van der Waals surface area contributed by atoms with Gasteiger partial charge in [-0.1, -0.05) is 31.7 Å². The number of nitrogens with zero attached hydrogens (tertiary/aromatic N) is 2. The van der Waals surface area contributed by atoms with E-state index in [-0.39, 0.29) is 24.6 Å². The number of likely N-dealkylation sites (tertiary alicyclic amines) is 1. The third kappa shape index (κ3) is 4.89. The number of amides is 3. The highest BCUT2D eigenvalue weighted by Gasteiger charge is 2.26. The molecule has 2 fully saturated rings. The van der Waals surface area contributed by atoms with E-state index in [1.54, 1.807) is 0 Å². The van der Waals surface area contributed by atoms with Gasteiger partial charge >= 0.3 is 6.03 Å². The Bertz CT molecular complexity index is 878. The number of hydrogen-bond acceptors (Lipinski definition) is 3. The highest BCUT2D eigenvalue weighted by molar-refractivity contribution is 5.88. The molecule has 2 aromatic rings. The maximum absolute atomic E-state index is 12.6. The smallest absolute Gasteiger partial charge is 0.317 e. The third-order valence-corrected chi connectivity index (χ3v) is 6.31. The molecule has 3 N–H and O–H groups in total. The second-order valence-electron chi connectivity index (χ2n) is 8.54. The molecule has 1 aliphatic heterocycles. The molecule has 7 nitrogen and oxygen atoms in total.